The van der Waals surface area contributed by atoms with Crippen molar-refractivity contribution in [2.45, 2.75) is 40.2 Å². The van der Waals surface area contributed by atoms with E-state index < -0.39 is 12.0 Å². The first kappa shape index (κ1) is 26.1. The first-order valence-electron chi connectivity index (χ1n) is 12.1. The summed E-state index contributed by atoms with van der Waals surface area (Å²) in [5.41, 5.74) is 2.84. The number of thiophene rings is 1. The number of esters is 1. The van der Waals surface area contributed by atoms with Crippen LogP contribution in [0.4, 0.5) is 5.69 Å². The van der Waals surface area contributed by atoms with Gasteiger partial charge in [0.1, 0.15) is 34.7 Å². The molecule has 192 valence electrons. The first-order valence-corrected chi connectivity index (χ1v) is 12.9. The molecule has 0 aliphatic heterocycles. The lowest BCUT2D eigenvalue weighted by molar-refractivity contribution is -0.118. The SMILES string of the molecule is CCc1cccc(C)c1NC(=O)C(C)n1cnc2sc(C(=O)OCCOc3ccccc3)c(C)c2c1=O. The number of nitrogens with zero attached hydrogens (tertiary/aromatic N) is 2. The van der Waals surface area contributed by atoms with Gasteiger partial charge in [0.05, 0.1) is 11.7 Å². The molecule has 37 heavy (non-hydrogen) atoms. The maximum atomic E-state index is 13.4. The molecule has 8 nitrogen and oxygen atoms in total. The Kier molecular flexibility index (Phi) is 8.03. The summed E-state index contributed by atoms with van der Waals surface area (Å²) in [7, 11) is 0. The summed E-state index contributed by atoms with van der Waals surface area (Å²) in [6, 6.07) is 14.3. The van der Waals surface area contributed by atoms with Crippen LogP contribution in [0.5, 0.6) is 5.75 Å². The second-order valence-corrected chi connectivity index (χ2v) is 9.62. The Hall–Kier alpha value is -3.98. The van der Waals surface area contributed by atoms with Crippen molar-refractivity contribution in [1.29, 1.82) is 0 Å². The van der Waals surface area contributed by atoms with Gasteiger partial charge in [0, 0.05) is 5.69 Å². The van der Waals surface area contributed by atoms with Gasteiger partial charge in [-0.25, -0.2) is 9.78 Å². The minimum atomic E-state index is -0.807. The number of para-hydroxylation sites is 2. The molecule has 0 fully saturated rings. The Morgan fingerprint density at radius 2 is 1.84 bits per heavy atom. The van der Waals surface area contributed by atoms with E-state index in [2.05, 4.69) is 10.3 Å². The zero-order valence-electron chi connectivity index (χ0n) is 21.2. The molecule has 4 rings (SSSR count). The number of hydrogen-bond acceptors (Lipinski definition) is 7. The molecule has 1 unspecified atom stereocenters. The fourth-order valence-corrected chi connectivity index (χ4v) is 5.07. The molecule has 1 N–H and O–H groups in total. The van der Waals surface area contributed by atoms with Crippen LogP contribution in [-0.4, -0.2) is 34.6 Å². The van der Waals surface area contributed by atoms with Gasteiger partial charge in [0.2, 0.25) is 5.91 Å². The van der Waals surface area contributed by atoms with Gasteiger partial charge in [-0.3, -0.25) is 14.2 Å². The predicted octanol–water partition coefficient (Wildman–Crippen LogP) is 5.07. The third kappa shape index (κ3) is 5.56. The molecule has 0 aliphatic rings. The number of aryl methyl sites for hydroxylation is 3. The van der Waals surface area contributed by atoms with Crippen LogP contribution in [0.2, 0.25) is 0 Å². The van der Waals surface area contributed by atoms with E-state index in [4.69, 9.17) is 9.47 Å². The lowest BCUT2D eigenvalue weighted by Gasteiger charge is -2.18. The number of aromatic nitrogens is 2. The van der Waals surface area contributed by atoms with Crippen molar-refractivity contribution in [3.63, 3.8) is 0 Å². The van der Waals surface area contributed by atoms with Gasteiger partial charge in [0.25, 0.3) is 5.56 Å². The molecular weight excluding hydrogens is 490 g/mol. The summed E-state index contributed by atoms with van der Waals surface area (Å²) < 4.78 is 12.2. The lowest BCUT2D eigenvalue weighted by Crippen LogP contribution is -2.32. The molecule has 0 bridgehead atoms. The predicted molar refractivity (Wildman–Crippen MR) is 145 cm³/mol. The number of rotatable bonds is 9. The monoisotopic (exact) mass is 519 g/mol. The van der Waals surface area contributed by atoms with E-state index in [-0.39, 0.29) is 24.7 Å². The van der Waals surface area contributed by atoms with Gasteiger partial charge < -0.3 is 14.8 Å². The Balaban J connectivity index is 1.50. The fraction of sp³-hybridized carbons (Fsp3) is 0.286. The summed E-state index contributed by atoms with van der Waals surface area (Å²) in [5, 5.41) is 3.28. The van der Waals surface area contributed by atoms with Crippen LogP contribution in [-0.2, 0) is 16.0 Å². The molecule has 0 saturated carbocycles. The molecule has 1 atom stereocenters. The van der Waals surface area contributed by atoms with Crippen molar-refractivity contribution in [3.8, 4) is 5.75 Å². The summed E-state index contributed by atoms with van der Waals surface area (Å²) in [5.74, 6) is -0.174. The average molecular weight is 520 g/mol. The molecule has 4 aromatic rings. The minimum absolute atomic E-state index is 0.0644. The standard InChI is InChI=1S/C28H29N3O5S/c1-5-20-11-9-10-17(2)23(20)30-25(32)19(4)31-16-29-26-22(27(31)33)18(3)24(37-26)28(34)36-15-14-35-21-12-7-6-8-13-21/h6-13,16,19H,5,14-15H2,1-4H3,(H,30,32). The van der Waals surface area contributed by atoms with Crippen molar-refractivity contribution < 1.29 is 19.1 Å². The fourth-order valence-electron chi connectivity index (χ4n) is 4.04. The largest absolute Gasteiger partial charge is 0.490 e. The Morgan fingerprint density at radius 3 is 2.57 bits per heavy atom. The maximum absolute atomic E-state index is 13.4. The van der Waals surface area contributed by atoms with Crippen LogP contribution in [0, 0.1) is 13.8 Å². The second kappa shape index (κ2) is 11.4. The van der Waals surface area contributed by atoms with Crippen molar-refractivity contribution in [1.82, 2.24) is 9.55 Å². The highest BCUT2D eigenvalue weighted by Gasteiger charge is 2.24. The summed E-state index contributed by atoms with van der Waals surface area (Å²) in [6.07, 6.45) is 2.12. The van der Waals surface area contributed by atoms with Gasteiger partial charge in [0.15, 0.2) is 0 Å². The van der Waals surface area contributed by atoms with Crippen LogP contribution < -0.4 is 15.6 Å². The first-order chi connectivity index (χ1) is 17.8. The van der Waals surface area contributed by atoms with Crippen molar-refractivity contribution in [2.24, 2.45) is 0 Å². The lowest BCUT2D eigenvalue weighted by atomic mass is 10.1. The normalized spacial score (nSPS) is 11.8. The van der Waals surface area contributed by atoms with Gasteiger partial charge in [-0.1, -0.05) is 43.3 Å². The van der Waals surface area contributed by atoms with Crippen molar-refractivity contribution >= 4 is 39.1 Å². The quantitative estimate of drug-likeness (QED) is 0.245. The Bertz CT molecular complexity index is 1490. The number of nitrogens with one attached hydrogen (secondary N) is 1. The molecule has 0 saturated heterocycles. The number of ether oxygens (including phenoxy) is 2. The highest BCUT2D eigenvalue weighted by molar-refractivity contribution is 7.20. The molecule has 2 aromatic heterocycles. The number of carbonyl (C=O) groups is 2. The molecule has 0 spiro atoms. The van der Waals surface area contributed by atoms with Crippen LogP contribution in [0.15, 0.2) is 59.7 Å². The zero-order valence-corrected chi connectivity index (χ0v) is 22.1. The summed E-state index contributed by atoms with van der Waals surface area (Å²) >= 11 is 1.10. The maximum Gasteiger partial charge on any atom is 0.348 e. The number of fused-ring (bicyclic) bond motifs is 1. The number of anilines is 1. The summed E-state index contributed by atoms with van der Waals surface area (Å²) in [4.78, 5) is 44.3. The van der Waals surface area contributed by atoms with E-state index in [0.717, 1.165) is 34.6 Å². The van der Waals surface area contributed by atoms with Gasteiger partial charge in [-0.05, 0) is 56.0 Å². The second-order valence-electron chi connectivity index (χ2n) is 8.62. The van der Waals surface area contributed by atoms with Gasteiger partial charge in [-0.15, -0.1) is 11.3 Å². The molecule has 0 aliphatic carbocycles. The molecule has 1 amide bonds. The molecule has 2 heterocycles. The number of hydrogen-bond donors (Lipinski definition) is 1. The van der Waals surface area contributed by atoms with E-state index >= 15 is 0 Å². The van der Waals surface area contributed by atoms with E-state index in [1.54, 1.807) is 13.8 Å². The van der Waals surface area contributed by atoms with Crippen LogP contribution in [0.25, 0.3) is 10.2 Å². The zero-order chi connectivity index (χ0) is 26.5. The third-order valence-electron chi connectivity index (χ3n) is 6.17. The van der Waals surface area contributed by atoms with E-state index in [0.29, 0.717) is 26.4 Å². The molecular formula is C28H29N3O5S. The number of benzene rings is 2. The van der Waals surface area contributed by atoms with Crippen LogP contribution >= 0.6 is 11.3 Å². The van der Waals surface area contributed by atoms with Gasteiger partial charge >= 0.3 is 5.97 Å². The van der Waals surface area contributed by atoms with E-state index in [1.165, 1.54) is 10.9 Å². The topological polar surface area (TPSA) is 99.5 Å². The Labute approximate surface area is 218 Å². The highest BCUT2D eigenvalue weighted by Crippen LogP contribution is 2.28. The highest BCUT2D eigenvalue weighted by atomic mass is 32.1. The average Bonchev–Trinajstić information content (AvgIpc) is 3.25. The van der Waals surface area contributed by atoms with Crippen LogP contribution in [0.1, 0.15) is 46.3 Å². The minimum Gasteiger partial charge on any atom is -0.490 e. The summed E-state index contributed by atoms with van der Waals surface area (Å²) in [6.45, 7) is 7.57. The van der Waals surface area contributed by atoms with Crippen molar-refractivity contribution in [2.75, 3.05) is 18.5 Å². The molecule has 2 aromatic carbocycles. The van der Waals surface area contributed by atoms with Crippen LogP contribution in [0.3, 0.4) is 0 Å². The van der Waals surface area contributed by atoms with Gasteiger partial charge in [-0.2, -0.15) is 0 Å². The smallest absolute Gasteiger partial charge is 0.348 e. The number of carbonyl (C=O) groups excluding carboxylic acids is 2. The van der Waals surface area contributed by atoms with E-state index in [9.17, 15) is 14.4 Å². The Morgan fingerprint density at radius 1 is 1.08 bits per heavy atom. The number of amides is 1. The van der Waals surface area contributed by atoms with E-state index in [1.807, 2.05) is 62.4 Å². The molecule has 9 heteroatoms. The molecule has 0 radical (unpaired) electrons. The van der Waals surface area contributed by atoms with Crippen molar-refractivity contribution in [3.05, 3.63) is 86.8 Å². The third-order valence-corrected chi connectivity index (χ3v) is 7.35.